The van der Waals surface area contributed by atoms with Gasteiger partial charge in [0.25, 0.3) is 5.91 Å². The number of aromatic nitrogens is 3. The Kier molecular flexibility index (Phi) is 7.64. The van der Waals surface area contributed by atoms with Crippen LogP contribution in [-0.2, 0) is 6.18 Å². The molecule has 1 aromatic carbocycles. The Labute approximate surface area is 222 Å². The predicted octanol–water partition coefficient (Wildman–Crippen LogP) is 3.84. The first kappa shape index (κ1) is 28.0. The summed E-state index contributed by atoms with van der Waals surface area (Å²) in [5, 5.41) is 2.53. The molecule has 0 radical (unpaired) electrons. The SMILES string of the molecule is CC1CN(c2cc(F)c(-c3cnc(N(C)C)nc3)cc2NC(=O)c2c[nH]c(=O)cc2C(F)(F)F)CC(C)N1C. The summed E-state index contributed by atoms with van der Waals surface area (Å²) in [6, 6.07) is 3.13. The first-order chi connectivity index (χ1) is 18.3. The van der Waals surface area contributed by atoms with Gasteiger partial charge in [-0.25, -0.2) is 14.4 Å². The van der Waals surface area contributed by atoms with Crippen LogP contribution in [0.1, 0.15) is 29.8 Å². The lowest BCUT2D eigenvalue weighted by molar-refractivity contribution is -0.138. The van der Waals surface area contributed by atoms with E-state index in [0.717, 1.165) is 6.20 Å². The van der Waals surface area contributed by atoms with E-state index in [1.807, 2.05) is 25.8 Å². The van der Waals surface area contributed by atoms with E-state index in [1.165, 1.54) is 24.5 Å². The van der Waals surface area contributed by atoms with Crippen LogP contribution in [0.25, 0.3) is 11.1 Å². The minimum Gasteiger partial charge on any atom is -0.367 e. The summed E-state index contributed by atoms with van der Waals surface area (Å²) in [5.41, 5.74) is -2.32. The third-order valence-electron chi connectivity index (χ3n) is 6.86. The lowest BCUT2D eigenvalue weighted by atomic mass is 10.0. The molecule has 13 heteroatoms. The largest absolute Gasteiger partial charge is 0.417 e. The predicted molar refractivity (Wildman–Crippen MR) is 141 cm³/mol. The number of nitrogens with zero attached hydrogens (tertiary/aromatic N) is 5. The Morgan fingerprint density at radius 3 is 2.28 bits per heavy atom. The van der Waals surface area contributed by atoms with Gasteiger partial charge >= 0.3 is 6.18 Å². The molecule has 1 aliphatic heterocycles. The molecular formula is C26H29F4N7O2. The fourth-order valence-electron chi connectivity index (χ4n) is 4.52. The lowest BCUT2D eigenvalue weighted by Crippen LogP contribution is -2.55. The highest BCUT2D eigenvalue weighted by Crippen LogP contribution is 2.37. The summed E-state index contributed by atoms with van der Waals surface area (Å²) in [4.78, 5) is 41.0. The van der Waals surface area contributed by atoms with Crippen molar-refractivity contribution in [1.29, 1.82) is 0 Å². The van der Waals surface area contributed by atoms with Gasteiger partial charge in [0.05, 0.1) is 22.5 Å². The fourth-order valence-corrected chi connectivity index (χ4v) is 4.52. The van der Waals surface area contributed by atoms with Gasteiger partial charge in [-0.2, -0.15) is 13.2 Å². The number of piperazine rings is 1. The van der Waals surface area contributed by atoms with E-state index in [2.05, 4.69) is 25.2 Å². The molecule has 1 fully saturated rings. The number of benzene rings is 1. The van der Waals surface area contributed by atoms with Crippen LogP contribution >= 0.6 is 0 Å². The number of alkyl halides is 3. The zero-order valence-corrected chi connectivity index (χ0v) is 22.1. The number of rotatable bonds is 5. The zero-order chi connectivity index (χ0) is 28.6. The summed E-state index contributed by atoms with van der Waals surface area (Å²) in [6.07, 6.45) is -1.37. The topological polar surface area (TPSA) is 97.5 Å². The minimum absolute atomic E-state index is 0.0621. The molecule has 9 nitrogen and oxygen atoms in total. The first-order valence-electron chi connectivity index (χ1n) is 12.2. The fraction of sp³-hybridized carbons (Fsp3) is 0.385. The van der Waals surface area contributed by atoms with Gasteiger partial charge in [-0.3, -0.25) is 14.5 Å². The number of aromatic amines is 1. The molecule has 2 aromatic heterocycles. The second-order valence-electron chi connectivity index (χ2n) is 9.86. The molecular weight excluding hydrogens is 518 g/mol. The van der Waals surface area contributed by atoms with Crippen LogP contribution in [0.3, 0.4) is 0 Å². The molecule has 0 aliphatic carbocycles. The number of nitrogens with one attached hydrogen (secondary N) is 2. The molecule has 1 aliphatic rings. The average molecular weight is 548 g/mol. The molecule has 3 aromatic rings. The Morgan fingerprint density at radius 2 is 1.72 bits per heavy atom. The second-order valence-corrected chi connectivity index (χ2v) is 9.86. The maximum absolute atomic E-state index is 15.5. The summed E-state index contributed by atoms with van der Waals surface area (Å²) >= 11 is 0. The van der Waals surface area contributed by atoms with E-state index < -0.39 is 34.6 Å². The summed E-state index contributed by atoms with van der Waals surface area (Å²) in [7, 11) is 5.48. The Hall–Kier alpha value is -4.00. The van der Waals surface area contributed by atoms with Crippen molar-refractivity contribution in [2.45, 2.75) is 32.1 Å². The van der Waals surface area contributed by atoms with Crippen LogP contribution in [0.2, 0.25) is 0 Å². The van der Waals surface area contributed by atoms with Gasteiger partial charge in [0, 0.05) is 75.1 Å². The molecule has 1 amide bonds. The summed E-state index contributed by atoms with van der Waals surface area (Å²) in [5.74, 6) is -1.31. The smallest absolute Gasteiger partial charge is 0.367 e. The molecule has 208 valence electrons. The van der Waals surface area contributed by atoms with Crippen LogP contribution in [0.5, 0.6) is 0 Å². The van der Waals surface area contributed by atoms with Gasteiger partial charge in [-0.1, -0.05) is 0 Å². The Morgan fingerprint density at radius 1 is 1.10 bits per heavy atom. The van der Waals surface area contributed by atoms with Crippen molar-refractivity contribution in [3.63, 3.8) is 0 Å². The maximum Gasteiger partial charge on any atom is 0.417 e. The number of carbonyl (C=O) groups is 1. The highest BCUT2D eigenvalue weighted by atomic mass is 19.4. The zero-order valence-electron chi connectivity index (χ0n) is 22.1. The molecule has 2 atom stereocenters. The standard InChI is InChI=1S/C26H29F4N7O2/c1-14-12-37(13-15(2)36(14)5)22-8-20(27)17(16-9-32-25(33-10-16)35(3)4)6-21(22)34-24(39)18-11-31-23(38)7-19(18)26(28,29)30/h6-11,14-15H,12-13H2,1-5H3,(H,31,38)(H,34,39). The van der Waals surface area contributed by atoms with Gasteiger partial charge in [-0.05, 0) is 33.0 Å². The van der Waals surface area contributed by atoms with Crippen molar-refractivity contribution >= 4 is 23.2 Å². The van der Waals surface area contributed by atoms with Crippen LogP contribution < -0.4 is 20.7 Å². The summed E-state index contributed by atoms with van der Waals surface area (Å²) in [6.45, 7) is 5.00. The number of likely N-dealkylation sites (N-methyl/N-ethyl adjacent to an activating group) is 1. The number of halogens is 4. The molecule has 0 bridgehead atoms. The number of pyridine rings is 1. The van der Waals surface area contributed by atoms with Gasteiger partial charge in [-0.15, -0.1) is 0 Å². The van der Waals surface area contributed by atoms with Crippen molar-refractivity contribution in [2.24, 2.45) is 0 Å². The number of hydrogen-bond acceptors (Lipinski definition) is 7. The Bertz CT molecular complexity index is 1410. The second kappa shape index (κ2) is 10.6. The normalized spacial score (nSPS) is 18.2. The average Bonchev–Trinajstić information content (AvgIpc) is 2.87. The monoisotopic (exact) mass is 547 g/mol. The van der Waals surface area contributed by atoms with Gasteiger partial charge in [0.1, 0.15) is 5.82 Å². The van der Waals surface area contributed by atoms with Crippen molar-refractivity contribution in [2.75, 3.05) is 49.3 Å². The van der Waals surface area contributed by atoms with Gasteiger partial charge in [0.2, 0.25) is 11.5 Å². The number of carbonyl (C=O) groups excluding carboxylic acids is 1. The van der Waals surface area contributed by atoms with E-state index >= 15 is 4.39 Å². The van der Waals surface area contributed by atoms with Gasteiger partial charge in [0.15, 0.2) is 0 Å². The van der Waals surface area contributed by atoms with Crippen molar-refractivity contribution in [1.82, 2.24) is 19.9 Å². The summed E-state index contributed by atoms with van der Waals surface area (Å²) < 4.78 is 56.4. The highest BCUT2D eigenvalue weighted by Gasteiger charge is 2.36. The minimum atomic E-state index is -4.94. The molecule has 2 unspecified atom stereocenters. The van der Waals surface area contributed by atoms with Crippen LogP contribution in [0.4, 0.5) is 34.9 Å². The molecule has 3 heterocycles. The van der Waals surface area contributed by atoms with Gasteiger partial charge < -0.3 is 20.1 Å². The Balaban J connectivity index is 1.81. The van der Waals surface area contributed by atoms with E-state index in [4.69, 9.17) is 0 Å². The first-order valence-corrected chi connectivity index (χ1v) is 12.2. The van der Waals surface area contributed by atoms with Crippen molar-refractivity contribution in [3.05, 3.63) is 64.1 Å². The lowest BCUT2D eigenvalue weighted by Gasteiger charge is -2.44. The number of amides is 1. The molecule has 4 rings (SSSR count). The quantitative estimate of drug-likeness (QED) is 0.469. The van der Waals surface area contributed by atoms with Crippen LogP contribution in [-0.4, -0.2) is 72.1 Å². The number of anilines is 3. The molecule has 2 N–H and O–H groups in total. The maximum atomic E-state index is 15.5. The van der Waals surface area contributed by atoms with Crippen LogP contribution in [0, 0.1) is 5.82 Å². The number of hydrogen-bond donors (Lipinski definition) is 2. The van der Waals surface area contributed by atoms with E-state index in [9.17, 15) is 22.8 Å². The van der Waals surface area contributed by atoms with E-state index in [0.29, 0.717) is 36.4 Å². The molecule has 1 saturated heterocycles. The molecule has 0 saturated carbocycles. The molecule has 39 heavy (non-hydrogen) atoms. The van der Waals surface area contributed by atoms with E-state index in [1.54, 1.807) is 19.0 Å². The third kappa shape index (κ3) is 5.87. The third-order valence-corrected chi connectivity index (χ3v) is 6.86. The van der Waals surface area contributed by atoms with Crippen molar-refractivity contribution in [3.8, 4) is 11.1 Å². The highest BCUT2D eigenvalue weighted by molar-refractivity contribution is 6.07. The number of H-pyrrole nitrogens is 1. The van der Waals surface area contributed by atoms with E-state index in [-0.39, 0.29) is 23.3 Å². The van der Waals surface area contributed by atoms with Crippen molar-refractivity contribution < 1.29 is 22.4 Å². The van der Waals surface area contributed by atoms with Crippen LogP contribution in [0.15, 0.2) is 41.6 Å². The molecule has 0 spiro atoms.